The van der Waals surface area contributed by atoms with E-state index in [0.29, 0.717) is 20.8 Å². The number of hydrogen-bond acceptors (Lipinski definition) is 3. The number of nitrogens with zero attached hydrogens (tertiary/aromatic N) is 3. The fraction of sp³-hybridized carbons (Fsp3) is 0.188. The zero-order valence-electron chi connectivity index (χ0n) is 13.4. The molecular formula is C16H11BrClF3N4O. The van der Waals surface area contributed by atoms with Gasteiger partial charge >= 0.3 is 6.18 Å². The van der Waals surface area contributed by atoms with Crippen molar-refractivity contribution >= 4 is 44.8 Å². The lowest BCUT2D eigenvalue weighted by Crippen LogP contribution is -2.16. The second-order valence-corrected chi connectivity index (χ2v) is 6.75. The van der Waals surface area contributed by atoms with Gasteiger partial charge in [-0.05, 0) is 53.5 Å². The van der Waals surface area contributed by atoms with Crippen LogP contribution in [0.4, 0.5) is 18.9 Å². The molecule has 5 nitrogen and oxygen atoms in total. The van der Waals surface area contributed by atoms with E-state index in [-0.39, 0.29) is 21.5 Å². The fourth-order valence-corrected chi connectivity index (χ4v) is 3.07. The van der Waals surface area contributed by atoms with Gasteiger partial charge in [-0.3, -0.25) is 4.79 Å². The van der Waals surface area contributed by atoms with Gasteiger partial charge in [-0.25, -0.2) is 9.50 Å². The number of halogens is 5. The summed E-state index contributed by atoms with van der Waals surface area (Å²) in [4.78, 5) is 16.6. The Morgan fingerprint density at radius 2 is 2.00 bits per heavy atom. The number of amides is 1. The van der Waals surface area contributed by atoms with Gasteiger partial charge in [-0.1, -0.05) is 17.7 Å². The molecule has 0 saturated carbocycles. The third-order valence-corrected chi connectivity index (χ3v) is 4.82. The van der Waals surface area contributed by atoms with E-state index >= 15 is 0 Å². The molecule has 0 aliphatic heterocycles. The molecule has 0 atom stereocenters. The standard InChI is InChI=1S/C16H11BrClF3N4O/c1-7-6-11(16(19,20)21)25-14(22-7)12(17)13(24-25)15(26)23-10-5-3-4-9(18)8(10)2/h3-6H,1-2H3,(H,23,26). The van der Waals surface area contributed by atoms with Crippen LogP contribution >= 0.6 is 27.5 Å². The van der Waals surface area contributed by atoms with Crippen molar-refractivity contribution in [1.29, 1.82) is 0 Å². The Hall–Kier alpha value is -2.13. The number of fused-ring (bicyclic) bond motifs is 1. The first-order chi connectivity index (χ1) is 12.1. The van der Waals surface area contributed by atoms with Gasteiger partial charge < -0.3 is 5.32 Å². The summed E-state index contributed by atoms with van der Waals surface area (Å²) in [5.74, 6) is -0.682. The van der Waals surface area contributed by atoms with Gasteiger partial charge in [0.2, 0.25) is 0 Å². The highest BCUT2D eigenvalue weighted by molar-refractivity contribution is 9.10. The van der Waals surface area contributed by atoms with Gasteiger partial charge in [0, 0.05) is 16.4 Å². The Balaban J connectivity index is 2.10. The molecule has 0 aliphatic rings. The molecule has 3 rings (SSSR count). The second kappa shape index (κ2) is 6.55. The zero-order valence-corrected chi connectivity index (χ0v) is 15.8. The Labute approximate surface area is 159 Å². The average molecular weight is 448 g/mol. The minimum atomic E-state index is -4.64. The van der Waals surface area contributed by atoms with Gasteiger partial charge in [-0.15, -0.1) is 0 Å². The summed E-state index contributed by atoms with van der Waals surface area (Å²) in [6, 6.07) is 5.81. The van der Waals surface area contributed by atoms with E-state index in [1.165, 1.54) is 6.92 Å². The SMILES string of the molecule is Cc1cc(C(F)(F)F)n2nc(C(=O)Nc3cccc(Cl)c3C)c(Br)c2n1. The highest BCUT2D eigenvalue weighted by Gasteiger charge is 2.36. The van der Waals surface area contributed by atoms with Crippen LogP contribution in [0.2, 0.25) is 5.02 Å². The number of hydrogen-bond donors (Lipinski definition) is 1. The number of rotatable bonds is 2. The Morgan fingerprint density at radius 3 is 2.65 bits per heavy atom. The molecule has 26 heavy (non-hydrogen) atoms. The number of carbonyl (C=O) groups excluding carboxylic acids is 1. The number of alkyl halides is 3. The minimum absolute atomic E-state index is 0.0730. The van der Waals surface area contributed by atoms with Crippen LogP contribution in [0.3, 0.4) is 0 Å². The van der Waals surface area contributed by atoms with Crippen molar-refractivity contribution in [2.24, 2.45) is 0 Å². The van der Waals surface area contributed by atoms with Crippen LogP contribution in [0.15, 0.2) is 28.7 Å². The Morgan fingerprint density at radius 1 is 1.31 bits per heavy atom. The Bertz CT molecular complexity index is 1030. The molecule has 1 amide bonds. The quantitative estimate of drug-likeness (QED) is 0.599. The van der Waals surface area contributed by atoms with Gasteiger partial charge in [0.1, 0.15) is 5.69 Å². The molecule has 10 heteroatoms. The molecule has 1 N–H and O–H groups in total. The van der Waals surface area contributed by atoms with Crippen LogP contribution in [0.1, 0.15) is 27.4 Å². The maximum absolute atomic E-state index is 13.3. The molecule has 2 aromatic heterocycles. The number of aromatic nitrogens is 3. The van der Waals surface area contributed by atoms with Crippen LogP contribution in [0.5, 0.6) is 0 Å². The molecule has 0 saturated heterocycles. The molecular weight excluding hydrogens is 437 g/mol. The van der Waals surface area contributed by atoms with Gasteiger partial charge in [-0.2, -0.15) is 18.3 Å². The van der Waals surface area contributed by atoms with Crippen molar-refractivity contribution < 1.29 is 18.0 Å². The van der Waals surface area contributed by atoms with Crippen LogP contribution in [0, 0.1) is 13.8 Å². The summed E-state index contributed by atoms with van der Waals surface area (Å²) in [6.07, 6.45) is -4.64. The number of carbonyl (C=O) groups is 1. The number of anilines is 1. The smallest absolute Gasteiger partial charge is 0.320 e. The van der Waals surface area contributed by atoms with Crippen molar-refractivity contribution in [1.82, 2.24) is 14.6 Å². The Kier molecular flexibility index (Phi) is 4.70. The lowest BCUT2D eigenvalue weighted by molar-refractivity contribution is -0.142. The van der Waals surface area contributed by atoms with Crippen LogP contribution in [-0.2, 0) is 6.18 Å². The first kappa shape index (κ1) is 18.7. The van der Waals surface area contributed by atoms with Crippen molar-refractivity contribution in [3.05, 3.63) is 56.4 Å². The summed E-state index contributed by atoms with van der Waals surface area (Å²) in [6.45, 7) is 3.15. The van der Waals surface area contributed by atoms with Gasteiger partial charge in [0.25, 0.3) is 5.91 Å². The zero-order chi connectivity index (χ0) is 19.2. The topological polar surface area (TPSA) is 59.3 Å². The summed E-state index contributed by atoms with van der Waals surface area (Å²) in [5.41, 5.74) is -0.0981. The van der Waals surface area contributed by atoms with Crippen LogP contribution < -0.4 is 5.32 Å². The van der Waals surface area contributed by atoms with Crippen molar-refractivity contribution in [3.8, 4) is 0 Å². The van der Waals surface area contributed by atoms with Crippen LogP contribution in [0.25, 0.3) is 5.65 Å². The summed E-state index contributed by atoms with van der Waals surface area (Å²) < 4.78 is 40.5. The van der Waals surface area contributed by atoms with E-state index in [4.69, 9.17) is 11.6 Å². The summed E-state index contributed by atoms with van der Waals surface area (Å²) in [7, 11) is 0. The lowest BCUT2D eigenvalue weighted by Gasteiger charge is -2.09. The van der Waals surface area contributed by atoms with Crippen molar-refractivity contribution in [2.45, 2.75) is 20.0 Å². The molecule has 3 aromatic rings. The highest BCUT2D eigenvalue weighted by Crippen LogP contribution is 2.32. The largest absolute Gasteiger partial charge is 0.433 e. The van der Waals surface area contributed by atoms with E-state index in [9.17, 15) is 18.0 Å². The maximum Gasteiger partial charge on any atom is 0.433 e. The molecule has 0 fully saturated rings. The minimum Gasteiger partial charge on any atom is -0.320 e. The normalized spacial score (nSPS) is 11.8. The lowest BCUT2D eigenvalue weighted by atomic mass is 10.2. The number of aryl methyl sites for hydroxylation is 1. The van der Waals surface area contributed by atoms with Crippen molar-refractivity contribution in [3.63, 3.8) is 0 Å². The van der Waals surface area contributed by atoms with Crippen molar-refractivity contribution in [2.75, 3.05) is 5.32 Å². The molecule has 0 aliphatic carbocycles. The summed E-state index contributed by atoms with van der Waals surface area (Å²) >= 11 is 9.15. The molecule has 0 radical (unpaired) electrons. The first-order valence-electron chi connectivity index (χ1n) is 7.29. The summed E-state index contributed by atoms with van der Waals surface area (Å²) in [5, 5.41) is 6.87. The molecule has 0 bridgehead atoms. The number of benzene rings is 1. The van der Waals surface area contributed by atoms with E-state index < -0.39 is 17.8 Å². The average Bonchev–Trinajstić information content (AvgIpc) is 2.87. The maximum atomic E-state index is 13.3. The molecule has 1 aromatic carbocycles. The van der Waals surface area contributed by atoms with E-state index in [2.05, 4.69) is 31.3 Å². The molecule has 2 heterocycles. The molecule has 0 unspecified atom stereocenters. The van der Waals surface area contributed by atoms with E-state index in [1.54, 1.807) is 25.1 Å². The monoisotopic (exact) mass is 446 g/mol. The first-order valence-corrected chi connectivity index (χ1v) is 8.46. The van der Waals surface area contributed by atoms with Crippen LogP contribution in [-0.4, -0.2) is 20.5 Å². The number of nitrogens with one attached hydrogen (secondary N) is 1. The predicted molar refractivity (Wildman–Crippen MR) is 94.6 cm³/mol. The predicted octanol–water partition coefficient (Wildman–Crippen LogP) is 5.03. The molecule has 0 spiro atoms. The fourth-order valence-electron chi connectivity index (χ4n) is 2.38. The molecule has 136 valence electrons. The van der Waals surface area contributed by atoms with E-state index in [0.717, 1.165) is 6.07 Å². The third kappa shape index (κ3) is 3.28. The van der Waals surface area contributed by atoms with Gasteiger partial charge in [0.05, 0.1) is 4.47 Å². The third-order valence-electron chi connectivity index (χ3n) is 3.68. The van der Waals surface area contributed by atoms with Gasteiger partial charge in [0.15, 0.2) is 11.3 Å². The highest BCUT2D eigenvalue weighted by atomic mass is 79.9. The second-order valence-electron chi connectivity index (χ2n) is 5.55. The van der Waals surface area contributed by atoms with E-state index in [1.807, 2.05) is 0 Å².